The van der Waals surface area contributed by atoms with Crippen LogP contribution >= 0.6 is 22.7 Å². The third kappa shape index (κ3) is 3.78. The summed E-state index contributed by atoms with van der Waals surface area (Å²) in [5.74, 6) is -0.168. The molecule has 2 heterocycles. The number of nitrogens with zero attached hydrogens (tertiary/aromatic N) is 1. The fraction of sp³-hybridized carbons (Fsp3) is 0.385. The highest BCUT2D eigenvalue weighted by atomic mass is 32.1. The van der Waals surface area contributed by atoms with E-state index in [0.717, 1.165) is 28.7 Å². The fourth-order valence-electron chi connectivity index (χ4n) is 1.60. The van der Waals surface area contributed by atoms with Gasteiger partial charge in [-0.3, -0.25) is 4.79 Å². The number of ether oxygens (including phenoxy) is 1. The molecule has 0 aromatic carbocycles. The smallest absolute Gasteiger partial charge is 0.305 e. The highest BCUT2D eigenvalue weighted by Crippen LogP contribution is 2.31. The maximum atomic E-state index is 11.1. The van der Waals surface area contributed by atoms with E-state index in [4.69, 9.17) is 0 Å². The Labute approximate surface area is 120 Å². The molecule has 0 atom stereocenters. The summed E-state index contributed by atoms with van der Waals surface area (Å²) in [6, 6.07) is 4.11. The lowest BCUT2D eigenvalue weighted by Gasteiger charge is -1.96. The number of carbonyl (C=O) groups is 1. The minimum absolute atomic E-state index is 0.168. The van der Waals surface area contributed by atoms with Crippen molar-refractivity contribution in [2.75, 3.05) is 19.0 Å². The van der Waals surface area contributed by atoms with Gasteiger partial charge in [-0.25, -0.2) is 4.98 Å². The number of anilines is 1. The van der Waals surface area contributed by atoms with E-state index in [2.05, 4.69) is 34.1 Å². The largest absolute Gasteiger partial charge is 0.469 e. The molecule has 19 heavy (non-hydrogen) atoms. The number of thiophene rings is 1. The monoisotopic (exact) mass is 296 g/mol. The SMILES string of the molecule is CCNc1nc(-c2ccc(CCC(=O)OC)s2)cs1. The minimum atomic E-state index is -0.168. The summed E-state index contributed by atoms with van der Waals surface area (Å²) in [7, 11) is 1.42. The van der Waals surface area contributed by atoms with Gasteiger partial charge >= 0.3 is 5.97 Å². The van der Waals surface area contributed by atoms with E-state index in [9.17, 15) is 4.79 Å². The van der Waals surface area contributed by atoms with Crippen LogP contribution in [0.4, 0.5) is 5.13 Å². The number of thiazole rings is 1. The molecule has 2 rings (SSSR count). The highest BCUT2D eigenvalue weighted by Gasteiger charge is 2.08. The van der Waals surface area contributed by atoms with E-state index in [1.165, 1.54) is 12.0 Å². The first kappa shape index (κ1) is 14.0. The molecule has 0 spiro atoms. The van der Waals surface area contributed by atoms with Gasteiger partial charge in [0.25, 0.3) is 0 Å². The summed E-state index contributed by atoms with van der Waals surface area (Å²) in [4.78, 5) is 17.9. The number of hydrogen-bond acceptors (Lipinski definition) is 6. The third-order valence-electron chi connectivity index (χ3n) is 2.55. The molecule has 0 bridgehead atoms. The van der Waals surface area contributed by atoms with Crippen LogP contribution in [0.2, 0.25) is 0 Å². The Morgan fingerprint density at radius 3 is 3.05 bits per heavy atom. The second-order valence-corrected chi connectivity index (χ2v) is 5.94. The van der Waals surface area contributed by atoms with Crippen molar-refractivity contribution in [1.29, 1.82) is 0 Å². The van der Waals surface area contributed by atoms with Crippen molar-refractivity contribution in [2.24, 2.45) is 0 Å². The van der Waals surface area contributed by atoms with Gasteiger partial charge in [0.15, 0.2) is 5.13 Å². The Kier molecular flexibility index (Phi) is 4.93. The van der Waals surface area contributed by atoms with Crippen molar-refractivity contribution in [3.8, 4) is 10.6 Å². The van der Waals surface area contributed by atoms with Gasteiger partial charge in [-0.2, -0.15) is 0 Å². The summed E-state index contributed by atoms with van der Waals surface area (Å²) in [5, 5.41) is 6.20. The van der Waals surface area contributed by atoms with Gasteiger partial charge in [-0.05, 0) is 25.5 Å². The number of rotatable bonds is 6. The van der Waals surface area contributed by atoms with Crippen molar-refractivity contribution in [3.63, 3.8) is 0 Å². The summed E-state index contributed by atoms with van der Waals surface area (Å²) in [6.45, 7) is 2.93. The molecular formula is C13H16N2O2S2. The number of methoxy groups -OCH3 is 1. The van der Waals surface area contributed by atoms with Gasteiger partial charge in [0.1, 0.15) is 0 Å². The van der Waals surface area contributed by atoms with E-state index in [1.807, 2.05) is 5.38 Å². The maximum absolute atomic E-state index is 11.1. The van der Waals surface area contributed by atoms with Gasteiger partial charge in [0.2, 0.25) is 0 Å². The summed E-state index contributed by atoms with van der Waals surface area (Å²) < 4.78 is 4.64. The lowest BCUT2D eigenvalue weighted by molar-refractivity contribution is -0.140. The van der Waals surface area contributed by atoms with Crippen molar-refractivity contribution >= 4 is 33.8 Å². The average Bonchev–Trinajstić information content (AvgIpc) is 3.05. The Morgan fingerprint density at radius 1 is 1.47 bits per heavy atom. The van der Waals surface area contributed by atoms with E-state index in [1.54, 1.807) is 22.7 Å². The molecular weight excluding hydrogens is 280 g/mol. The first-order valence-electron chi connectivity index (χ1n) is 6.08. The zero-order valence-electron chi connectivity index (χ0n) is 10.9. The van der Waals surface area contributed by atoms with Gasteiger partial charge < -0.3 is 10.1 Å². The number of hydrogen-bond donors (Lipinski definition) is 1. The molecule has 0 fully saturated rings. The molecule has 0 unspecified atom stereocenters. The van der Waals surface area contributed by atoms with Crippen LogP contribution in [0.15, 0.2) is 17.5 Å². The quantitative estimate of drug-likeness (QED) is 0.830. The van der Waals surface area contributed by atoms with Crippen molar-refractivity contribution in [2.45, 2.75) is 19.8 Å². The predicted octanol–water partition coefficient (Wildman–Crippen LogP) is 3.41. The number of nitrogens with one attached hydrogen (secondary N) is 1. The molecule has 102 valence electrons. The van der Waals surface area contributed by atoms with E-state index in [0.29, 0.717) is 6.42 Å². The molecule has 0 aliphatic heterocycles. The fourth-order valence-corrected chi connectivity index (χ4v) is 3.42. The van der Waals surface area contributed by atoms with Crippen LogP contribution in [-0.2, 0) is 16.0 Å². The molecule has 2 aromatic heterocycles. The van der Waals surface area contributed by atoms with Crippen LogP contribution in [0.3, 0.4) is 0 Å². The molecule has 4 nitrogen and oxygen atoms in total. The molecule has 0 aliphatic rings. The zero-order chi connectivity index (χ0) is 13.7. The van der Waals surface area contributed by atoms with Gasteiger partial charge in [0, 0.05) is 16.8 Å². The van der Waals surface area contributed by atoms with E-state index >= 15 is 0 Å². The maximum Gasteiger partial charge on any atom is 0.305 e. The number of esters is 1. The molecule has 2 aromatic rings. The lowest BCUT2D eigenvalue weighted by atomic mass is 10.2. The Balaban J connectivity index is 2.01. The van der Waals surface area contributed by atoms with Crippen LogP contribution in [0.1, 0.15) is 18.2 Å². The molecule has 1 N–H and O–H groups in total. The van der Waals surface area contributed by atoms with Gasteiger partial charge in [0.05, 0.1) is 24.1 Å². The van der Waals surface area contributed by atoms with Gasteiger partial charge in [-0.1, -0.05) is 0 Å². The normalized spacial score (nSPS) is 10.4. The van der Waals surface area contributed by atoms with Gasteiger partial charge in [-0.15, -0.1) is 22.7 Å². The topological polar surface area (TPSA) is 51.2 Å². The molecule has 0 radical (unpaired) electrons. The minimum Gasteiger partial charge on any atom is -0.469 e. The van der Waals surface area contributed by atoms with Crippen LogP contribution < -0.4 is 5.32 Å². The van der Waals surface area contributed by atoms with Crippen LogP contribution in [0.25, 0.3) is 10.6 Å². The first-order chi connectivity index (χ1) is 9.22. The second-order valence-electron chi connectivity index (χ2n) is 3.91. The van der Waals surface area contributed by atoms with Crippen molar-refractivity contribution < 1.29 is 9.53 Å². The Hall–Kier alpha value is -1.40. The van der Waals surface area contributed by atoms with E-state index < -0.39 is 0 Å². The Bertz CT molecular complexity index is 548. The highest BCUT2D eigenvalue weighted by molar-refractivity contribution is 7.17. The van der Waals surface area contributed by atoms with Crippen LogP contribution in [0, 0.1) is 0 Å². The predicted molar refractivity (Wildman–Crippen MR) is 79.9 cm³/mol. The molecule has 0 saturated carbocycles. The summed E-state index contributed by atoms with van der Waals surface area (Å²) >= 11 is 3.29. The summed E-state index contributed by atoms with van der Waals surface area (Å²) in [6.07, 6.45) is 1.15. The molecule has 6 heteroatoms. The number of aryl methyl sites for hydroxylation is 1. The Morgan fingerprint density at radius 2 is 2.32 bits per heavy atom. The number of aromatic nitrogens is 1. The van der Waals surface area contributed by atoms with Crippen LogP contribution in [-0.4, -0.2) is 24.6 Å². The van der Waals surface area contributed by atoms with E-state index in [-0.39, 0.29) is 5.97 Å². The summed E-state index contributed by atoms with van der Waals surface area (Å²) in [5.41, 5.74) is 0.996. The standard InChI is InChI=1S/C13H16N2O2S2/c1-3-14-13-15-10(8-18-13)11-6-4-9(19-11)5-7-12(16)17-2/h4,6,8H,3,5,7H2,1-2H3,(H,14,15). The van der Waals surface area contributed by atoms with Crippen LogP contribution in [0.5, 0.6) is 0 Å². The second kappa shape index (κ2) is 6.68. The third-order valence-corrected chi connectivity index (χ3v) is 4.52. The first-order valence-corrected chi connectivity index (χ1v) is 7.78. The zero-order valence-corrected chi connectivity index (χ0v) is 12.6. The molecule has 0 saturated heterocycles. The molecule has 0 aliphatic carbocycles. The number of carbonyl (C=O) groups excluding carboxylic acids is 1. The van der Waals surface area contributed by atoms with Crippen molar-refractivity contribution in [3.05, 3.63) is 22.4 Å². The van der Waals surface area contributed by atoms with Crippen molar-refractivity contribution in [1.82, 2.24) is 4.98 Å². The lowest BCUT2D eigenvalue weighted by Crippen LogP contribution is -2.00. The molecule has 0 amide bonds. The average molecular weight is 296 g/mol.